The van der Waals surface area contributed by atoms with Crippen LogP contribution < -0.4 is 10.6 Å². The second-order valence-electron chi connectivity index (χ2n) is 6.89. The summed E-state index contributed by atoms with van der Waals surface area (Å²) < 4.78 is 0. The molecule has 2 unspecified atom stereocenters. The minimum Gasteiger partial charge on any atom is -0.355 e. The van der Waals surface area contributed by atoms with Gasteiger partial charge in [-0.1, -0.05) is 32.0 Å². The smallest absolute Gasteiger partial charge is 0.191 e. The lowest BCUT2D eigenvalue weighted by Crippen LogP contribution is -2.53. The van der Waals surface area contributed by atoms with E-state index in [0.717, 1.165) is 38.7 Å². The summed E-state index contributed by atoms with van der Waals surface area (Å²) in [6.45, 7) is 14.5. The van der Waals surface area contributed by atoms with Crippen molar-refractivity contribution in [3.8, 4) is 0 Å². The Labute approximate surface area is 163 Å². The lowest BCUT2D eigenvalue weighted by Gasteiger charge is -2.37. The minimum atomic E-state index is 0.482. The van der Waals surface area contributed by atoms with Gasteiger partial charge in [0.15, 0.2) is 5.96 Å². The van der Waals surface area contributed by atoms with Crippen LogP contribution in [-0.2, 0) is 0 Å². The zero-order chi connectivity index (χ0) is 18.8. The molecule has 1 heterocycles. The van der Waals surface area contributed by atoms with Gasteiger partial charge in [0.25, 0.3) is 0 Å². The number of nitrogens with one attached hydrogen (secondary N) is 2. The molecule has 1 saturated heterocycles. The number of rotatable bonds is 8. The van der Waals surface area contributed by atoms with Crippen molar-refractivity contribution in [2.45, 2.75) is 37.0 Å². The van der Waals surface area contributed by atoms with Crippen molar-refractivity contribution in [1.82, 2.24) is 20.4 Å². The minimum absolute atomic E-state index is 0.482. The molecule has 0 spiro atoms. The zero-order valence-corrected chi connectivity index (χ0v) is 17.6. The van der Waals surface area contributed by atoms with Gasteiger partial charge in [0.1, 0.15) is 0 Å². The molecule has 0 radical (unpaired) electrons. The van der Waals surface area contributed by atoms with Gasteiger partial charge in [0.05, 0.1) is 0 Å². The number of hydrogen-bond acceptors (Lipinski definition) is 4. The molecule has 1 aliphatic rings. The van der Waals surface area contributed by atoms with E-state index in [0.29, 0.717) is 11.3 Å². The highest BCUT2D eigenvalue weighted by Gasteiger charge is 2.20. The van der Waals surface area contributed by atoms with Crippen LogP contribution in [-0.4, -0.2) is 79.9 Å². The summed E-state index contributed by atoms with van der Waals surface area (Å²) in [6.07, 6.45) is 0. The highest BCUT2D eigenvalue weighted by Crippen LogP contribution is 2.21. The van der Waals surface area contributed by atoms with Crippen LogP contribution in [0.3, 0.4) is 0 Å². The lowest BCUT2D eigenvalue weighted by atomic mass is 10.2. The first-order valence-corrected chi connectivity index (χ1v) is 10.6. The first-order valence-electron chi connectivity index (χ1n) is 9.75. The SMILES string of the molecule is CCN1CCN(C(C)CNC(=NC)NCC(C)Sc2ccccc2)CC1. The number of thioether (sulfide) groups is 1. The molecule has 6 heteroatoms. The van der Waals surface area contributed by atoms with Crippen molar-refractivity contribution in [1.29, 1.82) is 0 Å². The fourth-order valence-electron chi connectivity index (χ4n) is 3.13. The van der Waals surface area contributed by atoms with E-state index in [2.05, 4.69) is 76.5 Å². The molecule has 0 bridgehead atoms. The number of likely N-dealkylation sites (N-methyl/N-ethyl adjacent to an activating group) is 1. The van der Waals surface area contributed by atoms with Crippen molar-refractivity contribution in [2.75, 3.05) is 52.9 Å². The van der Waals surface area contributed by atoms with E-state index in [-0.39, 0.29) is 0 Å². The molecule has 0 aromatic heterocycles. The normalized spacial score (nSPS) is 19.2. The van der Waals surface area contributed by atoms with Crippen LogP contribution in [0.1, 0.15) is 20.8 Å². The molecule has 1 fully saturated rings. The number of piperazine rings is 1. The Balaban J connectivity index is 1.67. The number of benzene rings is 1. The molecule has 1 aromatic rings. The first-order chi connectivity index (χ1) is 12.6. The molecule has 2 rings (SSSR count). The molecular formula is C20H35N5S. The monoisotopic (exact) mass is 377 g/mol. The van der Waals surface area contributed by atoms with E-state index in [1.807, 2.05) is 18.8 Å². The van der Waals surface area contributed by atoms with E-state index in [1.54, 1.807) is 0 Å². The third-order valence-electron chi connectivity index (χ3n) is 4.90. The first kappa shape index (κ1) is 21.1. The van der Waals surface area contributed by atoms with Gasteiger partial charge in [0.2, 0.25) is 0 Å². The van der Waals surface area contributed by atoms with Crippen LogP contribution in [0.15, 0.2) is 40.2 Å². The van der Waals surface area contributed by atoms with Gasteiger partial charge in [-0.25, -0.2) is 0 Å². The summed E-state index contributed by atoms with van der Waals surface area (Å²) >= 11 is 1.89. The number of hydrogen-bond donors (Lipinski definition) is 2. The van der Waals surface area contributed by atoms with Crippen LogP contribution in [0.4, 0.5) is 0 Å². The topological polar surface area (TPSA) is 42.9 Å². The van der Waals surface area contributed by atoms with Gasteiger partial charge >= 0.3 is 0 Å². The second-order valence-corrected chi connectivity index (χ2v) is 8.41. The summed E-state index contributed by atoms with van der Waals surface area (Å²) in [5.74, 6) is 0.893. The van der Waals surface area contributed by atoms with Gasteiger partial charge in [-0.3, -0.25) is 9.89 Å². The van der Waals surface area contributed by atoms with E-state index >= 15 is 0 Å². The van der Waals surface area contributed by atoms with E-state index in [9.17, 15) is 0 Å². The second kappa shape index (κ2) is 11.5. The number of aliphatic imine (C=N–C) groups is 1. The summed E-state index contributed by atoms with van der Waals surface area (Å²) in [6, 6.07) is 11.1. The Morgan fingerprint density at radius 1 is 1.08 bits per heavy atom. The molecule has 1 aromatic carbocycles. The van der Waals surface area contributed by atoms with Crippen LogP contribution in [0.25, 0.3) is 0 Å². The third-order valence-corrected chi connectivity index (χ3v) is 6.02. The summed E-state index contributed by atoms with van der Waals surface area (Å²) in [5, 5.41) is 7.42. The fraction of sp³-hybridized carbons (Fsp3) is 0.650. The Hall–Kier alpha value is -1.24. The lowest BCUT2D eigenvalue weighted by molar-refractivity contribution is 0.107. The van der Waals surface area contributed by atoms with E-state index in [1.165, 1.54) is 18.0 Å². The van der Waals surface area contributed by atoms with Gasteiger partial charge in [-0.05, 0) is 25.6 Å². The standard InChI is InChI=1S/C20H35N5S/c1-5-24-11-13-25(14-12-24)17(2)15-22-20(21-4)23-16-18(3)26-19-9-7-6-8-10-19/h6-10,17-18H,5,11-16H2,1-4H3,(H2,21,22,23). The summed E-state index contributed by atoms with van der Waals surface area (Å²) in [4.78, 5) is 10.8. The Morgan fingerprint density at radius 3 is 2.35 bits per heavy atom. The predicted molar refractivity (Wildman–Crippen MR) is 114 cm³/mol. The van der Waals surface area contributed by atoms with Gasteiger partial charge in [-0.2, -0.15) is 0 Å². The predicted octanol–water partition coefficient (Wildman–Crippen LogP) is 2.36. The van der Waals surface area contributed by atoms with Crippen molar-refractivity contribution < 1.29 is 0 Å². The summed E-state index contributed by atoms with van der Waals surface area (Å²) in [5.41, 5.74) is 0. The molecule has 1 aliphatic heterocycles. The maximum atomic E-state index is 4.37. The van der Waals surface area contributed by atoms with E-state index in [4.69, 9.17) is 0 Å². The Bertz CT molecular complexity index is 528. The fourth-order valence-corrected chi connectivity index (χ4v) is 4.07. The molecular weight excluding hydrogens is 342 g/mol. The highest BCUT2D eigenvalue weighted by atomic mass is 32.2. The molecule has 26 heavy (non-hydrogen) atoms. The van der Waals surface area contributed by atoms with E-state index < -0.39 is 0 Å². The highest BCUT2D eigenvalue weighted by molar-refractivity contribution is 8.00. The largest absolute Gasteiger partial charge is 0.355 e. The zero-order valence-electron chi connectivity index (χ0n) is 16.7. The Morgan fingerprint density at radius 2 is 1.73 bits per heavy atom. The summed E-state index contributed by atoms with van der Waals surface area (Å²) in [7, 11) is 1.84. The molecule has 146 valence electrons. The van der Waals surface area contributed by atoms with Gasteiger partial charge in [-0.15, -0.1) is 11.8 Å². The molecule has 2 atom stereocenters. The number of nitrogens with zero attached hydrogens (tertiary/aromatic N) is 3. The van der Waals surface area contributed by atoms with Crippen LogP contribution in [0, 0.1) is 0 Å². The Kier molecular flexibility index (Phi) is 9.29. The van der Waals surface area contributed by atoms with Gasteiger partial charge in [0, 0.05) is 62.5 Å². The molecule has 5 nitrogen and oxygen atoms in total. The van der Waals surface area contributed by atoms with Crippen LogP contribution in [0.5, 0.6) is 0 Å². The molecule has 0 saturated carbocycles. The maximum Gasteiger partial charge on any atom is 0.191 e. The van der Waals surface area contributed by atoms with Crippen LogP contribution in [0.2, 0.25) is 0 Å². The van der Waals surface area contributed by atoms with Crippen molar-refractivity contribution in [3.05, 3.63) is 30.3 Å². The van der Waals surface area contributed by atoms with Crippen molar-refractivity contribution in [2.24, 2.45) is 4.99 Å². The molecule has 0 amide bonds. The average Bonchev–Trinajstić information content (AvgIpc) is 2.68. The quantitative estimate of drug-likeness (QED) is 0.414. The maximum absolute atomic E-state index is 4.37. The molecule has 2 N–H and O–H groups in total. The number of guanidine groups is 1. The van der Waals surface area contributed by atoms with Crippen molar-refractivity contribution >= 4 is 17.7 Å². The van der Waals surface area contributed by atoms with Crippen LogP contribution >= 0.6 is 11.8 Å². The third kappa shape index (κ3) is 7.17. The molecule has 0 aliphatic carbocycles. The van der Waals surface area contributed by atoms with Crippen molar-refractivity contribution in [3.63, 3.8) is 0 Å². The average molecular weight is 378 g/mol. The van der Waals surface area contributed by atoms with Gasteiger partial charge < -0.3 is 15.5 Å².